The van der Waals surface area contributed by atoms with Crippen molar-refractivity contribution in [3.05, 3.63) is 24.3 Å². The highest BCUT2D eigenvalue weighted by Crippen LogP contribution is 2.20. The maximum absolute atomic E-state index is 13.0. The highest BCUT2D eigenvalue weighted by Gasteiger charge is 2.25. The maximum atomic E-state index is 13.0. The van der Waals surface area contributed by atoms with Crippen molar-refractivity contribution in [2.75, 3.05) is 47.5 Å². The van der Waals surface area contributed by atoms with Gasteiger partial charge < -0.3 is 28.5 Å². The van der Waals surface area contributed by atoms with Crippen molar-refractivity contribution >= 4 is 17.9 Å². The van der Waals surface area contributed by atoms with E-state index in [9.17, 15) is 19.5 Å². The average molecular weight is 1290 g/mol. The Bertz CT molecular complexity index is 1540. The number of likely N-dealkylation sites (N-methyl/N-ethyl adjacent to an activating group) is 1. The van der Waals surface area contributed by atoms with Crippen LogP contribution in [0.1, 0.15) is 425 Å². The molecule has 9 heteroatoms. The molecule has 0 bridgehead atoms. The van der Waals surface area contributed by atoms with Gasteiger partial charge >= 0.3 is 17.9 Å². The van der Waals surface area contributed by atoms with E-state index in [-0.39, 0.29) is 38.2 Å². The SMILES string of the molecule is CCCCCCCCCC/C=C\CCCCCCCCCCCCCCCCCCCCCCCCCCCCCCCC(=O)OC(COC(=O)CCCCCCCCCCCCCCC/C=C\CCCCCCCCCC)COC(OCC[N+](C)(C)C)C(=O)O. The summed E-state index contributed by atoms with van der Waals surface area (Å²) in [6.07, 6.45) is 90.7. The summed E-state index contributed by atoms with van der Waals surface area (Å²) < 4.78 is 23.1. The zero-order chi connectivity index (χ0) is 66.1. The van der Waals surface area contributed by atoms with Gasteiger partial charge in [-0.1, -0.05) is 372 Å². The lowest BCUT2D eigenvalue weighted by Crippen LogP contribution is -2.40. The lowest BCUT2D eigenvalue weighted by atomic mass is 10.0. The summed E-state index contributed by atoms with van der Waals surface area (Å²) in [7, 11) is 6.00. The zero-order valence-electron chi connectivity index (χ0n) is 61.8. The number of carboxylic acid groups (broad SMARTS) is 1. The van der Waals surface area contributed by atoms with E-state index in [2.05, 4.69) is 38.2 Å². The van der Waals surface area contributed by atoms with E-state index in [1.54, 1.807) is 0 Å². The lowest BCUT2D eigenvalue weighted by Gasteiger charge is -2.25. The Kier molecular flexibility index (Phi) is 71.8. The van der Waals surface area contributed by atoms with E-state index in [4.69, 9.17) is 18.9 Å². The molecule has 0 spiro atoms. The summed E-state index contributed by atoms with van der Waals surface area (Å²) in [5.41, 5.74) is 0. The molecule has 0 aliphatic heterocycles. The molecule has 0 heterocycles. The molecule has 0 amide bonds. The van der Waals surface area contributed by atoms with Gasteiger partial charge in [-0.15, -0.1) is 0 Å². The number of carboxylic acids is 1. The third kappa shape index (κ3) is 75.0. The molecular formula is C82H158NO8+. The van der Waals surface area contributed by atoms with Gasteiger partial charge in [0.25, 0.3) is 6.29 Å². The first-order valence-corrected chi connectivity index (χ1v) is 40.5. The Hall–Kier alpha value is -2.23. The molecule has 9 nitrogen and oxygen atoms in total. The van der Waals surface area contributed by atoms with Crippen LogP contribution < -0.4 is 0 Å². The fraction of sp³-hybridized carbons (Fsp3) is 0.915. The molecule has 0 aliphatic carbocycles. The Morgan fingerprint density at radius 1 is 0.319 bits per heavy atom. The van der Waals surface area contributed by atoms with Gasteiger partial charge in [0.1, 0.15) is 13.2 Å². The van der Waals surface area contributed by atoms with Crippen molar-refractivity contribution < 1.29 is 42.9 Å². The highest BCUT2D eigenvalue weighted by molar-refractivity contribution is 5.71. The molecular weight excluding hydrogens is 1130 g/mol. The van der Waals surface area contributed by atoms with E-state index in [1.807, 2.05) is 21.1 Å². The van der Waals surface area contributed by atoms with Crippen molar-refractivity contribution in [1.29, 1.82) is 0 Å². The maximum Gasteiger partial charge on any atom is 0.361 e. The zero-order valence-corrected chi connectivity index (χ0v) is 61.8. The summed E-state index contributed by atoms with van der Waals surface area (Å²) in [4.78, 5) is 37.7. The first-order chi connectivity index (χ1) is 44.6. The normalized spacial score (nSPS) is 12.7. The van der Waals surface area contributed by atoms with Gasteiger partial charge in [-0.25, -0.2) is 4.79 Å². The molecule has 0 radical (unpaired) electrons. The van der Waals surface area contributed by atoms with Gasteiger partial charge in [-0.3, -0.25) is 9.59 Å². The predicted octanol–water partition coefficient (Wildman–Crippen LogP) is 25.7. The van der Waals surface area contributed by atoms with Crippen molar-refractivity contribution in [3.63, 3.8) is 0 Å². The van der Waals surface area contributed by atoms with Crippen LogP contribution in [0.4, 0.5) is 0 Å². The first-order valence-electron chi connectivity index (χ1n) is 40.5. The molecule has 0 aromatic rings. The number of hydrogen-bond acceptors (Lipinski definition) is 7. The summed E-state index contributed by atoms with van der Waals surface area (Å²) >= 11 is 0. The van der Waals surface area contributed by atoms with Crippen LogP contribution >= 0.6 is 0 Å². The van der Waals surface area contributed by atoms with E-state index < -0.39 is 18.4 Å². The minimum Gasteiger partial charge on any atom is -0.477 e. The Morgan fingerprint density at radius 2 is 0.560 bits per heavy atom. The van der Waals surface area contributed by atoms with Crippen LogP contribution in [-0.2, 0) is 33.3 Å². The van der Waals surface area contributed by atoms with Gasteiger partial charge in [-0.05, 0) is 64.2 Å². The van der Waals surface area contributed by atoms with Crippen molar-refractivity contribution in [1.82, 2.24) is 0 Å². The van der Waals surface area contributed by atoms with Crippen LogP contribution in [0.25, 0.3) is 0 Å². The monoisotopic (exact) mass is 1290 g/mol. The molecule has 2 unspecified atom stereocenters. The third-order valence-electron chi connectivity index (χ3n) is 18.7. The molecule has 0 fully saturated rings. The molecule has 2 atom stereocenters. The van der Waals surface area contributed by atoms with E-state index in [1.165, 1.54) is 360 Å². The Morgan fingerprint density at radius 3 is 0.813 bits per heavy atom. The number of rotatable bonds is 77. The first kappa shape index (κ1) is 88.8. The number of nitrogens with zero attached hydrogens (tertiary/aromatic N) is 1. The van der Waals surface area contributed by atoms with Crippen LogP contribution in [-0.4, -0.2) is 87.4 Å². The molecule has 0 aliphatic rings. The number of carbonyl (C=O) groups excluding carboxylic acids is 2. The summed E-state index contributed by atoms with van der Waals surface area (Å²) in [5, 5.41) is 9.77. The van der Waals surface area contributed by atoms with Crippen LogP contribution in [0, 0.1) is 0 Å². The number of hydrogen-bond donors (Lipinski definition) is 1. The Balaban J connectivity index is 3.92. The molecule has 0 aromatic heterocycles. The van der Waals surface area contributed by atoms with E-state index >= 15 is 0 Å². The van der Waals surface area contributed by atoms with Gasteiger partial charge in [-0.2, -0.15) is 0 Å². The second-order valence-corrected chi connectivity index (χ2v) is 29.1. The van der Waals surface area contributed by atoms with Crippen LogP contribution in [0.15, 0.2) is 24.3 Å². The smallest absolute Gasteiger partial charge is 0.361 e. The van der Waals surface area contributed by atoms with E-state index in [0.717, 1.165) is 38.5 Å². The molecule has 1 N–H and O–H groups in total. The standard InChI is InChI=1S/C82H157NO8/c1-6-8-10-12-14-16-18-20-22-24-26-28-30-32-33-34-35-36-37-38-39-40-41-42-43-44-45-46-47-49-51-53-55-57-59-61-63-65-67-69-71-73-80(85)91-78(77-90-82(81(86)87)88-75-74-83(3,4)5)76-89-79(84)72-70-68-66-64-62-60-58-56-54-52-50-48-31-29-27-25-23-21-19-17-15-13-11-9-7-2/h24-27,78,82H,6-23,28-77H2,1-5H3/p+1/b26-24-,27-25-. The number of aliphatic carboxylic acids is 1. The van der Waals surface area contributed by atoms with Gasteiger partial charge in [0.15, 0.2) is 6.10 Å². The number of ether oxygens (including phenoxy) is 4. The summed E-state index contributed by atoms with van der Waals surface area (Å²) in [6, 6.07) is 0. The number of allylic oxidation sites excluding steroid dienone is 4. The third-order valence-corrected chi connectivity index (χ3v) is 18.7. The number of unbranched alkanes of at least 4 members (excludes halogenated alkanes) is 58. The molecule has 91 heavy (non-hydrogen) atoms. The fourth-order valence-corrected chi connectivity index (χ4v) is 12.5. The molecule has 0 aromatic carbocycles. The van der Waals surface area contributed by atoms with Crippen LogP contribution in [0.2, 0.25) is 0 Å². The minimum absolute atomic E-state index is 0.175. The summed E-state index contributed by atoms with van der Waals surface area (Å²) in [6.45, 7) is 4.96. The number of carbonyl (C=O) groups is 3. The minimum atomic E-state index is -1.51. The Labute approximate surface area is 567 Å². The van der Waals surface area contributed by atoms with Gasteiger partial charge in [0.05, 0.1) is 34.4 Å². The molecule has 0 saturated carbocycles. The quantitative estimate of drug-likeness (QED) is 0.0211. The second kappa shape index (κ2) is 73.6. The van der Waals surface area contributed by atoms with Crippen LogP contribution in [0.5, 0.6) is 0 Å². The van der Waals surface area contributed by atoms with Gasteiger partial charge in [0, 0.05) is 12.8 Å². The van der Waals surface area contributed by atoms with Crippen molar-refractivity contribution in [2.45, 2.75) is 437 Å². The summed E-state index contributed by atoms with van der Waals surface area (Å²) in [5.74, 6) is -1.97. The van der Waals surface area contributed by atoms with E-state index in [0.29, 0.717) is 17.4 Å². The largest absolute Gasteiger partial charge is 0.477 e. The highest BCUT2D eigenvalue weighted by atomic mass is 16.7. The topological polar surface area (TPSA) is 108 Å². The van der Waals surface area contributed by atoms with Crippen molar-refractivity contribution in [2.24, 2.45) is 0 Å². The van der Waals surface area contributed by atoms with Crippen molar-refractivity contribution in [3.8, 4) is 0 Å². The number of quaternary nitrogens is 1. The van der Waals surface area contributed by atoms with Crippen LogP contribution in [0.3, 0.4) is 0 Å². The fourth-order valence-electron chi connectivity index (χ4n) is 12.5. The predicted molar refractivity (Wildman–Crippen MR) is 392 cm³/mol. The average Bonchev–Trinajstić information content (AvgIpc) is 3.53. The molecule has 0 rings (SSSR count). The molecule has 0 saturated heterocycles. The number of esters is 2. The van der Waals surface area contributed by atoms with Gasteiger partial charge in [0.2, 0.25) is 0 Å². The lowest BCUT2D eigenvalue weighted by molar-refractivity contribution is -0.870. The second-order valence-electron chi connectivity index (χ2n) is 29.1. The molecule has 538 valence electrons.